The molecule has 5 nitrogen and oxygen atoms in total. The van der Waals surface area contributed by atoms with Gasteiger partial charge in [-0.05, 0) is 92.4 Å². The van der Waals surface area contributed by atoms with E-state index >= 15 is 0 Å². The molecule has 0 radical (unpaired) electrons. The molecule has 27 heavy (non-hydrogen) atoms. The fourth-order valence-electron chi connectivity index (χ4n) is 3.85. The Morgan fingerprint density at radius 1 is 1.33 bits per heavy atom. The SMILES string of the molecule is C[C@@H](Cc1ccsc1)NC(=O)NCC1(N(C)C)CCc2cc(O)ccc2C1. The second kappa shape index (κ2) is 8.31. The van der Waals surface area contributed by atoms with Gasteiger partial charge in [-0.25, -0.2) is 4.79 Å². The van der Waals surface area contributed by atoms with Crippen LogP contribution in [0.4, 0.5) is 4.79 Å². The lowest BCUT2D eigenvalue weighted by Crippen LogP contribution is -2.57. The van der Waals surface area contributed by atoms with Gasteiger partial charge >= 0.3 is 6.03 Å². The van der Waals surface area contributed by atoms with Gasteiger partial charge in [-0.15, -0.1) is 0 Å². The number of aromatic hydroxyl groups is 1. The lowest BCUT2D eigenvalue weighted by atomic mass is 9.77. The predicted molar refractivity (Wildman–Crippen MR) is 111 cm³/mol. The molecule has 3 rings (SSSR count). The van der Waals surface area contributed by atoms with E-state index in [4.69, 9.17) is 0 Å². The molecule has 1 aliphatic rings. The van der Waals surface area contributed by atoms with E-state index in [9.17, 15) is 9.90 Å². The smallest absolute Gasteiger partial charge is 0.315 e. The Morgan fingerprint density at radius 3 is 2.85 bits per heavy atom. The third-order valence-electron chi connectivity index (χ3n) is 5.60. The molecule has 146 valence electrons. The summed E-state index contributed by atoms with van der Waals surface area (Å²) in [5.74, 6) is 0.322. The van der Waals surface area contributed by atoms with Crippen molar-refractivity contribution in [2.45, 2.75) is 44.2 Å². The molecule has 0 saturated heterocycles. The number of fused-ring (bicyclic) bond motifs is 1. The molecule has 1 aromatic carbocycles. The third-order valence-corrected chi connectivity index (χ3v) is 6.33. The number of amides is 2. The van der Waals surface area contributed by atoms with Crippen LogP contribution in [0.5, 0.6) is 5.75 Å². The minimum atomic E-state index is -0.115. The molecule has 0 fully saturated rings. The maximum Gasteiger partial charge on any atom is 0.315 e. The lowest BCUT2D eigenvalue weighted by Gasteiger charge is -2.43. The average molecular weight is 388 g/mol. The highest BCUT2D eigenvalue weighted by molar-refractivity contribution is 7.07. The van der Waals surface area contributed by atoms with Crippen LogP contribution >= 0.6 is 11.3 Å². The van der Waals surface area contributed by atoms with Gasteiger partial charge in [0.25, 0.3) is 0 Å². The number of urea groups is 1. The van der Waals surface area contributed by atoms with Crippen molar-refractivity contribution in [3.8, 4) is 5.75 Å². The summed E-state index contributed by atoms with van der Waals surface area (Å²) in [7, 11) is 4.15. The standard InChI is InChI=1S/C21H29N3O2S/c1-15(10-16-7-9-27-13-16)23-20(26)22-14-21(24(2)3)8-6-17-11-19(25)5-4-18(17)12-21/h4-5,7,9,11,13,15,25H,6,8,10,12,14H2,1-3H3,(H2,22,23,26)/t15-,21?/m0/s1. The molecule has 1 aliphatic carbocycles. The molecule has 2 aromatic rings. The summed E-state index contributed by atoms with van der Waals surface area (Å²) in [6, 6.07) is 7.68. The van der Waals surface area contributed by atoms with Gasteiger partial charge in [0.1, 0.15) is 5.75 Å². The van der Waals surface area contributed by atoms with Gasteiger partial charge in [0.05, 0.1) is 0 Å². The molecule has 3 N–H and O–H groups in total. The number of rotatable bonds is 6. The van der Waals surface area contributed by atoms with Gasteiger partial charge in [0.2, 0.25) is 0 Å². The van der Waals surface area contributed by atoms with Gasteiger partial charge in [-0.2, -0.15) is 11.3 Å². The van der Waals surface area contributed by atoms with E-state index in [0.717, 1.165) is 25.7 Å². The number of benzene rings is 1. The number of carbonyl (C=O) groups excluding carboxylic acids is 1. The van der Waals surface area contributed by atoms with E-state index in [1.807, 2.05) is 19.1 Å². The lowest BCUT2D eigenvalue weighted by molar-refractivity contribution is 0.129. The number of phenolic OH excluding ortho intramolecular Hbond substituents is 1. The van der Waals surface area contributed by atoms with E-state index in [2.05, 4.69) is 46.5 Å². The van der Waals surface area contributed by atoms with Crippen LogP contribution in [0.15, 0.2) is 35.0 Å². The second-order valence-electron chi connectivity index (χ2n) is 7.81. The van der Waals surface area contributed by atoms with Crippen molar-refractivity contribution >= 4 is 17.4 Å². The predicted octanol–water partition coefficient (Wildman–Crippen LogP) is 3.17. The minimum Gasteiger partial charge on any atom is -0.508 e. The normalized spacial score (nSPS) is 20.1. The summed E-state index contributed by atoms with van der Waals surface area (Å²) in [6.07, 6.45) is 3.55. The molecule has 2 atom stereocenters. The molecule has 1 heterocycles. The summed E-state index contributed by atoms with van der Waals surface area (Å²) in [6.45, 7) is 2.62. The molecule has 0 aliphatic heterocycles. The van der Waals surface area contributed by atoms with Crippen LogP contribution in [0.1, 0.15) is 30.0 Å². The monoisotopic (exact) mass is 387 g/mol. The number of nitrogens with one attached hydrogen (secondary N) is 2. The third kappa shape index (κ3) is 4.82. The molecule has 6 heteroatoms. The zero-order valence-electron chi connectivity index (χ0n) is 16.3. The van der Waals surface area contributed by atoms with E-state index in [-0.39, 0.29) is 17.6 Å². The Bertz CT molecular complexity index is 776. The number of aryl methyl sites for hydroxylation is 1. The molecule has 1 unspecified atom stereocenters. The van der Waals surface area contributed by atoms with E-state index < -0.39 is 0 Å². The summed E-state index contributed by atoms with van der Waals surface area (Å²) in [4.78, 5) is 14.6. The Balaban J connectivity index is 1.58. The number of nitrogens with zero attached hydrogens (tertiary/aromatic N) is 1. The van der Waals surface area contributed by atoms with Crippen LogP contribution in [0.3, 0.4) is 0 Å². The van der Waals surface area contributed by atoms with Crippen molar-refractivity contribution in [1.29, 1.82) is 0 Å². The number of phenols is 1. The summed E-state index contributed by atoms with van der Waals surface area (Å²) in [5.41, 5.74) is 3.60. The Hall–Kier alpha value is -2.05. The van der Waals surface area contributed by atoms with Gasteiger partial charge in [0, 0.05) is 18.1 Å². The van der Waals surface area contributed by atoms with Crippen molar-refractivity contribution < 1.29 is 9.90 Å². The van der Waals surface area contributed by atoms with Crippen LogP contribution in [0.25, 0.3) is 0 Å². The Labute approximate surface area is 165 Å². The highest BCUT2D eigenvalue weighted by atomic mass is 32.1. The number of hydrogen-bond acceptors (Lipinski definition) is 4. The van der Waals surface area contributed by atoms with Gasteiger partial charge in [-0.1, -0.05) is 6.07 Å². The first kappa shape index (κ1) is 19.7. The highest BCUT2D eigenvalue weighted by Gasteiger charge is 2.37. The fourth-order valence-corrected chi connectivity index (χ4v) is 4.53. The van der Waals surface area contributed by atoms with E-state index in [0.29, 0.717) is 12.3 Å². The molecular weight excluding hydrogens is 358 g/mol. The number of carbonyl (C=O) groups is 1. The molecule has 0 saturated carbocycles. The fraction of sp³-hybridized carbons (Fsp3) is 0.476. The number of hydrogen-bond donors (Lipinski definition) is 3. The van der Waals surface area contributed by atoms with Crippen LogP contribution in [0.2, 0.25) is 0 Å². The van der Waals surface area contributed by atoms with Crippen molar-refractivity contribution in [1.82, 2.24) is 15.5 Å². The molecule has 1 aromatic heterocycles. The van der Waals surface area contributed by atoms with E-state index in [1.54, 1.807) is 17.4 Å². The quantitative estimate of drug-likeness (QED) is 0.713. The zero-order chi connectivity index (χ0) is 19.4. The largest absolute Gasteiger partial charge is 0.508 e. The first-order valence-electron chi connectivity index (χ1n) is 9.42. The first-order valence-corrected chi connectivity index (χ1v) is 10.4. The second-order valence-corrected chi connectivity index (χ2v) is 8.59. The number of likely N-dealkylation sites (N-methyl/N-ethyl adjacent to an activating group) is 1. The maximum atomic E-state index is 12.4. The molecule has 0 bridgehead atoms. The minimum absolute atomic E-state index is 0.0879. The average Bonchev–Trinajstić information content (AvgIpc) is 3.12. The van der Waals surface area contributed by atoms with Gasteiger partial charge in [-0.3, -0.25) is 0 Å². The first-order chi connectivity index (χ1) is 12.9. The van der Waals surface area contributed by atoms with Crippen molar-refractivity contribution in [3.63, 3.8) is 0 Å². The topological polar surface area (TPSA) is 64.6 Å². The zero-order valence-corrected chi connectivity index (χ0v) is 17.1. The Kier molecular flexibility index (Phi) is 6.07. The number of thiophene rings is 1. The molecular formula is C21H29N3O2S. The van der Waals surface area contributed by atoms with Gasteiger partial charge < -0.3 is 20.6 Å². The Morgan fingerprint density at radius 2 is 2.15 bits per heavy atom. The molecule has 0 spiro atoms. The van der Waals surface area contributed by atoms with Crippen molar-refractivity contribution in [2.75, 3.05) is 20.6 Å². The van der Waals surface area contributed by atoms with Crippen LogP contribution < -0.4 is 10.6 Å². The maximum absolute atomic E-state index is 12.4. The summed E-state index contributed by atoms with van der Waals surface area (Å²) in [5, 5.41) is 20.0. The summed E-state index contributed by atoms with van der Waals surface area (Å²) < 4.78 is 0. The highest BCUT2D eigenvalue weighted by Crippen LogP contribution is 2.33. The van der Waals surface area contributed by atoms with Crippen LogP contribution in [-0.4, -0.2) is 48.3 Å². The van der Waals surface area contributed by atoms with Crippen LogP contribution in [-0.2, 0) is 19.3 Å². The summed E-state index contributed by atoms with van der Waals surface area (Å²) >= 11 is 1.68. The van der Waals surface area contributed by atoms with E-state index in [1.165, 1.54) is 16.7 Å². The van der Waals surface area contributed by atoms with Gasteiger partial charge in [0.15, 0.2) is 0 Å². The molecule has 2 amide bonds. The van der Waals surface area contributed by atoms with Crippen LogP contribution in [0, 0.1) is 0 Å². The van der Waals surface area contributed by atoms with Crippen molar-refractivity contribution in [2.24, 2.45) is 0 Å². The van der Waals surface area contributed by atoms with Crippen molar-refractivity contribution in [3.05, 3.63) is 51.7 Å².